The van der Waals surface area contributed by atoms with Crippen molar-refractivity contribution in [3.05, 3.63) is 170 Å². The molecule has 0 aliphatic carbocycles. The Morgan fingerprint density at radius 1 is 0.310 bits per heavy atom. The van der Waals surface area contributed by atoms with Crippen LogP contribution in [0.1, 0.15) is 335 Å². The van der Waals surface area contributed by atoms with Gasteiger partial charge in [-0.05, 0) is 128 Å². The largest absolute Gasteiger partial charge is 0.472 e. The minimum atomic E-state index is -4.40. The standard InChI is InChI=1S/C90H152NO8P/c1-6-8-10-12-14-16-18-20-22-24-26-28-30-32-34-36-38-40-42-44-45-47-49-51-53-55-57-59-61-63-65-67-69-71-73-75-77-79-81-83-90(93)99-88(87-98-100(94,95)97-85-84-91(3,4)5)86-96-89(92)82-80-78-76-74-72-70-68-66-64-62-60-58-56-54-52-50-48-46-43-41-39-37-35-33-31-29-27-25-23-21-19-17-15-13-11-9-7-2/h8-11,14-17,20-23,26-29,32-35,38-41,44-46,48,88H,6-7,12-13,18-19,24-25,30-31,36-37,42-43,47,49-87H2,1-5H3/p+1/b10-8-,11-9-,16-14-,17-15-,22-20-,23-21-,28-26-,29-27-,34-32-,35-33-,40-38-,41-39-,45-44-,48-46-. The molecule has 0 rings (SSSR count). The Labute approximate surface area is 617 Å². The van der Waals surface area contributed by atoms with Crippen LogP contribution in [-0.4, -0.2) is 74.9 Å². The van der Waals surface area contributed by atoms with Gasteiger partial charge >= 0.3 is 19.8 Å². The molecule has 0 aromatic heterocycles. The summed E-state index contributed by atoms with van der Waals surface area (Å²) in [7, 11) is 1.47. The van der Waals surface area contributed by atoms with Gasteiger partial charge in [0, 0.05) is 12.8 Å². The molecule has 2 atom stereocenters. The van der Waals surface area contributed by atoms with Crippen molar-refractivity contribution in [1.29, 1.82) is 0 Å². The van der Waals surface area contributed by atoms with Crippen LogP contribution < -0.4 is 0 Å². The van der Waals surface area contributed by atoms with E-state index in [1.807, 2.05) is 21.1 Å². The number of hydrogen-bond donors (Lipinski definition) is 1. The molecule has 0 bridgehead atoms. The fourth-order valence-corrected chi connectivity index (χ4v) is 11.8. The number of hydrogen-bond acceptors (Lipinski definition) is 7. The van der Waals surface area contributed by atoms with Crippen molar-refractivity contribution in [3.8, 4) is 0 Å². The number of phosphoric acid groups is 1. The maximum Gasteiger partial charge on any atom is 0.472 e. The lowest BCUT2D eigenvalue weighted by molar-refractivity contribution is -0.870. The normalized spacial score (nSPS) is 13.9. The SMILES string of the molecule is CC/C=C\C/C=C\C/C=C\C/C=C\C/C=C\C/C=C\C/C=C\CCCCCCCCCCCCCCCCCCCC(=O)OC(COC(=O)CCCCCCCCCCCCCCCCC/C=C\C/C=C\C/C=C\C/C=C\C/C=C\C/C=C\C/C=C\CC)COP(=O)(O)OCC[N+](C)(C)C. The van der Waals surface area contributed by atoms with Gasteiger partial charge in [0.1, 0.15) is 19.8 Å². The van der Waals surface area contributed by atoms with Gasteiger partial charge in [-0.1, -0.05) is 364 Å². The number of phosphoric ester groups is 1. The van der Waals surface area contributed by atoms with Crippen LogP contribution in [0.2, 0.25) is 0 Å². The van der Waals surface area contributed by atoms with E-state index in [4.69, 9.17) is 18.5 Å². The van der Waals surface area contributed by atoms with E-state index in [1.54, 1.807) is 0 Å². The first kappa shape index (κ1) is 95.4. The summed E-state index contributed by atoms with van der Waals surface area (Å²) in [6.45, 7) is 4.23. The molecule has 1 N–H and O–H groups in total. The predicted octanol–water partition coefficient (Wildman–Crippen LogP) is 27.6. The first-order chi connectivity index (χ1) is 49.0. The topological polar surface area (TPSA) is 108 Å². The number of allylic oxidation sites excluding steroid dienone is 28. The van der Waals surface area contributed by atoms with E-state index in [0.717, 1.165) is 128 Å². The molecular formula is C90H153NO8P+. The number of nitrogens with zero attached hydrogens (tertiary/aromatic N) is 1. The predicted molar refractivity (Wildman–Crippen MR) is 436 cm³/mol. The maximum absolute atomic E-state index is 12.9. The minimum absolute atomic E-state index is 0.0269. The number of carbonyl (C=O) groups excluding carboxylic acids is 2. The van der Waals surface area contributed by atoms with Gasteiger partial charge in [-0.2, -0.15) is 0 Å². The summed E-state index contributed by atoms with van der Waals surface area (Å²) in [5.74, 6) is -0.793. The van der Waals surface area contributed by atoms with Crippen LogP contribution in [0.15, 0.2) is 170 Å². The molecular weight excluding hydrogens is 1250 g/mol. The number of carbonyl (C=O) groups is 2. The highest BCUT2D eigenvalue weighted by Gasteiger charge is 2.27. The van der Waals surface area contributed by atoms with Gasteiger partial charge in [-0.25, -0.2) is 4.57 Å². The van der Waals surface area contributed by atoms with E-state index in [9.17, 15) is 19.0 Å². The third-order valence-corrected chi connectivity index (χ3v) is 18.2. The average Bonchev–Trinajstić information content (AvgIpc) is 1.07. The molecule has 0 aliphatic heterocycles. The summed E-state index contributed by atoms with van der Waals surface area (Å²) in [5.41, 5.74) is 0. The summed E-state index contributed by atoms with van der Waals surface area (Å²) < 4.78 is 34.8. The molecule has 2 unspecified atom stereocenters. The van der Waals surface area contributed by atoms with Crippen molar-refractivity contribution in [2.24, 2.45) is 0 Å². The van der Waals surface area contributed by atoms with E-state index < -0.39 is 26.5 Å². The van der Waals surface area contributed by atoms with Crippen molar-refractivity contribution in [3.63, 3.8) is 0 Å². The molecule has 0 aromatic carbocycles. The molecule has 0 saturated carbocycles. The molecule has 0 heterocycles. The van der Waals surface area contributed by atoms with Gasteiger partial charge < -0.3 is 18.9 Å². The first-order valence-electron chi connectivity index (χ1n) is 40.9. The van der Waals surface area contributed by atoms with Gasteiger partial charge in [0.15, 0.2) is 6.10 Å². The van der Waals surface area contributed by atoms with E-state index in [0.29, 0.717) is 17.4 Å². The summed E-state index contributed by atoms with van der Waals surface area (Å²) >= 11 is 0. The summed E-state index contributed by atoms with van der Waals surface area (Å²) in [4.78, 5) is 36.0. The third kappa shape index (κ3) is 82.3. The second-order valence-electron chi connectivity index (χ2n) is 28.0. The van der Waals surface area contributed by atoms with Crippen LogP contribution in [0, 0.1) is 0 Å². The van der Waals surface area contributed by atoms with Gasteiger partial charge in [-0.3, -0.25) is 18.6 Å². The second kappa shape index (κ2) is 78.5. The molecule has 9 nitrogen and oxygen atoms in total. The fourth-order valence-electron chi connectivity index (χ4n) is 11.1. The minimum Gasteiger partial charge on any atom is -0.462 e. The monoisotopic (exact) mass is 1410 g/mol. The maximum atomic E-state index is 12.9. The molecule has 0 aromatic rings. The van der Waals surface area contributed by atoms with Crippen molar-refractivity contribution in [2.75, 3.05) is 47.5 Å². The number of ether oxygens (including phenoxy) is 2. The number of quaternary nitrogens is 1. The zero-order chi connectivity index (χ0) is 72.5. The Morgan fingerprint density at radius 2 is 0.540 bits per heavy atom. The molecule has 0 saturated heterocycles. The van der Waals surface area contributed by atoms with Crippen molar-refractivity contribution in [1.82, 2.24) is 0 Å². The third-order valence-electron chi connectivity index (χ3n) is 17.2. The fraction of sp³-hybridized carbons (Fsp3) is 0.667. The van der Waals surface area contributed by atoms with Gasteiger partial charge in [0.2, 0.25) is 0 Å². The van der Waals surface area contributed by atoms with Crippen LogP contribution in [-0.2, 0) is 32.7 Å². The Kier molecular flexibility index (Phi) is 74.9. The zero-order valence-corrected chi connectivity index (χ0v) is 66.0. The van der Waals surface area contributed by atoms with Crippen LogP contribution in [0.25, 0.3) is 0 Å². The lowest BCUT2D eigenvalue weighted by Crippen LogP contribution is -2.37. The lowest BCUT2D eigenvalue weighted by Gasteiger charge is -2.24. The van der Waals surface area contributed by atoms with Gasteiger partial charge in [0.25, 0.3) is 0 Å². The van der Waals surface area contributed by atoms with Crippen LogP contribution in [0.3, 0.4) is 0 Å². The van der Waals surface area contributed by atoms with Gasteiger partial charge in [-0.15, -0.1) is 0 Å². The van der Waals surface area contributed by atoms with Crippen LogP contribution in [0.4, 0.5) is 0 Å². The van der Waals surface area contributed by atoms with Crippen molar-refractivity contribution >= 4 is 19.8 Å². The van der Waals surface area contributed by atoms with E-state index in [1.165, 1.54) is 173 Å². The number of unbranched alkanes of at least 4 members (excludes halogenated alkanes) is 32. The molecule has 0 aliphatic rings. The molecule has 570 valence electrons. The van der Waals surface area contributed by atoms with E-state index >= 15 is 0 Å². The lowest BCUT2D eigenvalue weighted by atomic mass is 10.0. The molecule has 0 amide bonds. The summed E-state index contributed by atoms with van der Waals surface area (Å²) in [5, 5.41) is 0. The quantitative estimate of drug-likeness (QED) is 0.0211. The highest BCUT2D eigenvalue weighted by atomic mass is 31.2. The highest BCUT2D eigenvalue weighted by Crippen LogP contribution is 2.43. The number of esters is 2. The van der Waals surface area contributed by atoms with E-state index in [2.05, 4.69) is 184 Å². The molecule has 0 radical (unpaired) electrons. The molecule has 0 spiro atoms. The molecule has 100 heavy (non-hydrogen) atoms. The van der Waals surface area contributed by atoms with Crippen LogP contribution in [0.5, 0.6) is 0 Å². The number of rotatable bonds is 74. The Balaban J connectivity index is 3.99. The van der Waals surface area contributed by atoms with E-state index in [-0.39, 0.29) is 32.0 Å². The van der Waals surface area contributed by atoms with Gasteiger partial charge in [0.05, 0.1) is 27.7 Å². The van der Waals surface area contributed by atoms with Crippen molar-refractivity contribution < 1.29 is 42.1 Å². The summed E-state index contributed by atoms with van der Waals surface area (Å²) in [6.07, 6.45) is 119. The Morgan fingerprint density at radius 3 is 0.800 bits per heavy atom. The molecule has 10 heteroatoms. The smallest absolute Gasteiger partial charge is 0.462 e. The first-order valence-corrected chi connectivity index (χ1v) is 42.4. The molecule has 0 fully saturated rings. The van der Waals surface area contributed by atoms with Crippen molar-refractivity contribution in [2.45, 2.75) is 341 Å². The summed E-state index contributed by atoms with van der Waals surface area (Å²) in [6, 6.07) is 0. The Hall–Kier alpha value is -4.63. The second-order valence-corrected chi connectivity index (χ2v) is 29.5. The average molecular weight is 1410 g/mol. The highest BCUT2D eigenvalue weighted by molar-refractivity contribution is 7.47. The number of likely N-dealkylation sites (N-methyl/N-ethyl adjacent to an activating group) is 1. The zero-order valence-electron chi connectivity index (χ0n) is 65.1. The Bertz CT molecular complexity index is 2300. The van der Waals surface area contributed by atoms with Crippen LogP contribution >= 0.6 is 7.82 Å².